The molecule has 0 saturated heterocycles. The zero-order valence-electron chi connectivity index (χ0n) is 40.2. The quantitative estimate of drug-likeness (QED) is 0.0573. The third kappa shape index (κ3) is 35.5. The minimum absolute atomic E-state index is 0.398. The van der Waals surface area contributed by atoms with Crippen LogP contribution in [0.5, 0.6) is 0 Å². The largest absolute Gasteiger partial charge is 0.375 e. The zero-order valence-corrected chi connectivity index (χ0v) is 40.2. The zero-order chi connectivity index (χ0) is 40.8. The van der Waals surface area contributed by atoms with Gasteiger partial charge in [-0.2, -0.15) is 0 Å². The lowest BCUT2D eigenvalue weighted by atomic mass is 10.0. The van der Waals surface area contributed by atoms with Gasteiger partial charge in [0.1, 0.15) is 0 Å². The molecule has 0 aromatic rings. The lowest BCUT2D eigenvalue weighted by molar-refractivity contribution is -0.0416. The number of hydrogen-bond acceptors (Lipinski definition) is 3. The normalized spacial score (nSPS) is 13.5. The van der Waals surface area contributed by atoms with Gasteiger partial charge in [0.2, 0.25) is 0 Å². The van der Waals surface area contributed by atoms with Crippen LogP contribution in [0.25, 0.3) is 0 Å². The number of nitrogens with zero attached hydrogens (tertiary/aromatic N) is 2. The van der Waals surface area contributed by atoms with Crippen LogP contribution in [-0.2, 0) is 4.74 Å². The van der Waals surface area contributed by atoms with E-state index in [-0.39, 0.29) is 0 Å². The van der Waals surface area contributed by atoms with Crippen molar-refractivity contribution in [2.75, 3.05) is 13.1 Å². The Kier molecular flexibility index (Phi) is 40.6. The molecule has 0 aliphatic heterocycles. The summed E-state index contributed by atoms with van der Waals surface area (Å²) < 4.78 is 7.26. The van der Waals surface area contributed by atoms with Crippen molar-refractivity contribution in [1.82, 2.24) is 9.80 Å². The Morgan fingerprint density at radius 1 is 0.273 bits per heavy atom. The van der Waals surface area contributed by atoms with Crippen molar-refractivity contribution in [2.24, 2.45) is 0 Å². The molecule has 0 amide bonds. The van der Waals surface area contributed by atoms with Gasteiger partial charge >= 0.3 is 0 Å². The highest BCUT2D eigenvalue weighted by Crippen LogP contribution is 2.23. The maximum Gasteiger partial charge on any atom is 0.0591 e. The van der Waals surface area contributed by atoms with Gasteiger partial charge in [0, 0.05) is 37.3 Å². The first-order valence-electron chi connectivity index (χ1n) is 25.8. The highest BCUT2D eigenvalue weighted by Gasteiger charge is 2.22. The fourth-order valence-corrected chi connectivity index (χ4v) is 9.13. The summed E-state index contributed by atoms with van der Waals surface area (Å²) in [5, 5.41) is 0. The summed E-state index contributed by atoms with van der Waals surface area (Å²) >= 11 is 0. The van der Waals surface area contributed by atoms with Crippen LogP contribution in [0.3, 0.4) is 0 Å². The Morgan fingerprint density at radius 2 is 0.473 bits per heavy atom. The Bertz CT molecular complexity index is 659. The molecule has 0 bridgehead atoms. The third-order valence-electron chi connectivity index (χ3n) is 12.7. The molecule has 0 radical (unpaired) electrons. The molecule has 0 aliphatic rings. The van der Waals surface area contributed by atoms with Crippen molar-refractivity contribution in [3.05, 3.63) is 0 Å². The highest BCUT2D eigenvalue weighted by molar-refractivity contribution is 4.75. The average molecular weight is 777 g/mol. The fraction of sp³-hybridized carbons (Fsp3) is 1.00. The van der Waals surface area contributed by atoms with Gasteiger partial charge in [-0.25, -0.2) is 0 Å². The van der Waals surface area contributed by atoms with Crippen LogP contribution in [0.2, 0.25) is 0 Å². The first-order chi connectivity index (χ1) is 26.6. The second-order valence-electron chi connectivity index (χ2n) is 19.3. The van der Waals surface area contributed by atoms with Crippen LogP contribution in [0.4, 0.5) is 0 Å². The van der Waals surface area contributed by atoms with E-state index in [4.69, 9.17) is 4.74 Å². The molecule has 0 rings (SSSR count). The Balaban J connectivity index is 4.83. The average Bonchev–Trinajstić information content (AvgIpc) is 3.13. The fourth-order valence-electron chi connectivity index (χ4n) is 9.13. The van der Waals surface area contributed by atoms with Crippen LogP contribution in [0.1, 0.15) is 288 Å². The van der Waals surface area contributed by atoms with Gasteiger partial charge in [-0.15, -0.1) is 0 Å². The van der Waals surface area contributed by atoms with Crippen molar-refractivity contribution in [1.29, 1.82) is 0 Å². The predicted molar refractivity (Wildman–Crippen MR) is 251 cm³/mol. The molecule has 0 saturated carbocycles. The van der Waals surface area contributed by atoms with Crippen molar-refractivity contribution >= 4 is 0 Å². The lowest BCUT2D eigenvalue weighted by Crippen LogP contribution is -2.40. The molecule has 3 heteroatoms. The number of ether oxygens (including phenoxy) is 1. The second-order valence-corrected chi connectivity index (χ2v) is 19.3. The molecule has 2 unspecified atom stereocenters. The van der Waals surface area contributed by atoms with E-state index in [2.05, 4.69) is 79.0 Å². The van der Waals surface area contributed by atoms with Gasteiger partial charge in [-0.05, 0) is 81.1 Å². The van der Waals surface area contributed by atoms with E-state index in [1.54, 1.807) is 0 Å². The van der Waals surface area contributed by atoms with Gasteiger partial charge in [0.25, 0.3) is 0 Å². The van der Waals surface area contributed by atoms with Gasteiger partial charge in [0.05, 0.1) is 12.2 Å². The van der Waals surface area contributed by atoms with Crippen molar-refractivity contribution in [2.45, 2.75) is 324 Å². The summed E-state index contributed by atoms with van der Waals surface area (Å²) in [7, 11) is 0. The maximum absolute atomic E-state index is 7.26. The Hall–Kier alpha value is -0.120. The molecular formula is C52H108N2O. The van der Waals surface area contributed by atoms with E-state index in [1.165, 1.54) is 218 Å². The van der Waals surface area contributed by atoms with Gasteiger partial charge in [0.15, 0.2) is 0 Å². The Morgan fingerprint density at radius 3 is 0.673 bits per heavy atom. The van der Waals surface area contributed by atoms with Gasteiger partial charge < -0.3 is 4.74 Å². The summed E-state index contributed by atoms with van der Waals surface area (Å²) in [5.74, 6) is 0. The second kappa shape index (κ2) is 40.7. The van der Waals surface area contributed by atoms with E-state index >= 15 is 0 Å². The van der Waals surface area contributed by atoms with Crippen molar-refractivity contribution < 1.29 is 4.74 Å². The summed E-state index contributed by atoms with van der Waals surface area (Å²) in [5.41, 5.74) is 0. The monoisotopic (exact) mass is 777 g/mol. The SMILES string of the molecule is CCCCCCCCCCCCCCCCCC(CCN(C(C)C)C(C)C)OC(CCCCCCCCCCCCCCCCC)CCN(C(C)C)C(C)C. The molecular weight excluding hydrogens is 669 g/mol. The molecule has 0 aromatic heterocycles. The predicted octanol–water partition coefficient (Wildman–Crippen LogP) is 17.3. The molecule has 0 heterocycles. The van der Waals surface area contributed by atoms with Crippen LogP contribution in [-0.4, -0.2) is 59.3 Å². The Labute approximate surface area is 350 Å². The summed E-state index contributed by atoms with van der Waals surface area (Å²) in [6.45, 7) is 25.9. The summed E-state index contributed by atoms with van der Waals surface area (Å²) in [6.07, 6.45) is 48.6. The van der Waals surface area contributed by atoms with Crippen LogP contribution < -0.4 is 0 Å². The van der Waals surface area contributed by atoms with Gasteiger partial charge in [-0.3, -0.25) is 9.80 Å². The topological polar surface area (TPSA) is 15.7 Å². The maximum atomic E-state index is 7.26. The summed E-state index contributed by atoms with van der Waals surface area (Å²) in [6, 6.07) is 2.36. The van der Waals surface area contributed by atoms with Crippen LogP contribution in [0, 0.1) is 0 Å². The summed E-state index contributed by atoms with van der Waals surface area (Å²) in [4.78, 5) is 5.37. The standard InChI is InChI=1S/C52H108N2O/c1-11-13-15-17-19-21-23-25-27-29-31-33-35-37-39-41-51(43-45-53(47(3)4)48(5)6)55-52(44-46-54(49(7)8)50(9)10)42-40-38-36-34-32-30-28-26-24-22-20-18-16-14-12-2/h47-52H,11-46H2,1-10H3. The van der Waals surface area contributed by atoms with E-state index < -0.39 is 0 Å². The van der Waals surface area contributed by atoms with Crippen LogP contribution in [0.15, 0.2) is 0 Å². The molecule has 0 spiro atoms. The van der Waals surface area contributed by atoms with E-state index in [1.807, 2.05) is 0 Å². The highest BCUT2D eigenvalue weighted by atomic mass is 16.5. The first-order valence-corrected chi connectivity index (χ1v) is 25.8. The molecule has 0 fully saturated rings. The number of rotatable bonds is 44. The first kappa shape index (κ1) is 54.9. The van der Waals surface area contributed by atoms with E-state index in [0.717, 1.165) is 13.1 Å². The number of hydrogen-bond donors (Lipinski definition) is 0. The minimum atomic E-state index is 0.398. The van der Waals surface area contributed by atoms with Crippen LogP contribution >= 0.6 is 0 Å². The molecule has 0 aliphatic carbocycles. The van der Waals surface area contributed by atoms with E-state index in [9.17, 15) is 0 Å². The minimum Gasteiger partial charge on any atom is -0.375 e. The smallest absolute Gasteiger partial charge is 0.0591 e. The van der Waals surface area contributed by atoms with Crippen molar-refractivity contribution in [3.63, 3.8) is 0 Å². The lowest BCUT2D eigenvalue weighted by Gasteiger charge is -2.34. The van der Waals surface area contributed by atoms with Crippen molar-refractivity contribution in [3.8, 4) is 0 Å². The van der Waals surface area contributed by atoms with Gasteiger partial charge in [-0.1, -0.05) is 206 Å². The number of unbranched alkanes of at least 4 members (excludes halogenated alkanes) is 28. The molecule has 2 atom stereocenters. The molecule has 332 valence electrons. The molecule has 0 aromatic carbocycles. The molecule has 55 heavy (non-hydrogen) atoms. The molecule has 3 nitrogen and oxygen atoms in total. The molecule has 0 N–H and O–H groups in total. The van der Waals surface area contributed by atoms with E-state index in [0.29, 0.717) is 36.4 Å². The third-order valence-corrected chi connectivity index (χ3v) is 12.7.